The summed E-state index contributed by atoms with van der Waals surface area (Å²) in [5, 5.41) is 17.2. The Bertz CT molecular complexity index is 1280. The van der Waals surface area contributed by atoms with Crippen molar-refractivity contribution in [2.24, 2.45) is 0 Å². The Hall–Kier alpha value is -4.11. The first-order chi connectivity index (χ1) is 17.0. The van der Waals surface area contributed by atoms with Gasteiger partial charge in [-0.25, -0.2) is 9.18 Å². The molecule has 0 saturated carbocycles. The van der Waals surface area contributed by atoms with Crippen LogP contribution in [-0.4, -0.2) is 28.2 Å². The van der Waals surface area contributed by atoms with Crippen LogP contribution in [0.1, 0.15) is 18.1 Å². The Morgan fingerprint density at radius 2 is 1.60 bits per heavy atom. The smallest absolute Gasteiger partial charge is 0.319 e. The van der Waals surface area contributed by atoms with Crippen LogP contribution in [0, 0.1) is 5.82 Å². The van der Waals surface area contributed by atoms with Crippen molar-refractivity contribution in [2.75, 3.05) is 10.6 Å². The van der Waals surface area contributed by atoms with Gasteiger partial charge in [-0.2, -0.15) is 0 Å². The van der Waals surface area contributed by atoms with E-state index in [1.807, 2.05) is 54.6 Å². The van der Waals surface area contributed by atoms with E-state index >= 15 is 0 Å². The Balaban J connectivity index is 1.45. The number of nitrogens with zero attached hydrogens (tertiary/aromatic N) is 2. The molecule has 1 unspecified atom stereocenters. The molecule has 3 N–H and O–H groups in total. The molecule has 4 aromatic rings. The molecule has 35 heavy (non-hydrogen) atoms. The average Bonchev–Trinajstić information content (AvgIpc) is 3.33. The van der Waals surface area contributed by atoms with Crippen molar-refractivity contribution in [1.29, 1.82) is 0 Å². The van der Waals surface area contributed by atoms with Crippen LogP contribution < -0.4 is 16.0 Å². The molecule has 0 radical (unpaired) electrons. The molecule has 1 atom stereocenters. The first-order valence-electron chi connectivity index (χ1n) is 11.1. The second-order valence-corrected chi connectivity index (χ2v) is 8.78. The molecule has 0 saturated heterocycles. The number of carbonyl (C=O) groups excluding carboxylic acids is 2. The maximum atomic E-state index is 13.2. The molecule has 0 spiro atoms. The number of rotatable bonds is 8. The molecule has 0 aliphatic carbocycles. The number of hydrogen-bond donors (Lipinski definition) is 3. The molecule has 178 valence electrons. The fraction of sp³-hybridized carbons (Fsp3) is 0.154. The van der Waals surface area contributed by atoms with Crippen molar-refractivity contribution in [1.82, 2.24) is 15.5 Å². The van der Waals surface area contributed by atoms with Crippen LogP contribution in [-0.2, 0) is 17.6 Å². The van der Waals surface area contributed by atoms with Gasteiger partial charge in [-0.15, -0.1) is 10.2 Å². The number of hydrogen-bond acceptors (Lipinski definition) is 5. The van der Waals surface area contributed by atoms with Gasteiger partial charge in [-0.3, -0.25) is 10.1 Å². The second kappa shape index (κ2) is 11.3. The van der Waals surface area contributed by atoms with E-state index in [1.54, 1.807) is 12.1 Å². The van der Waals surface area contributed by atoms with Crippen LogP contribution in [0.5, 0.6) is 0 Å². The number of halogens is 1. The third-order valence-electron chi connectivity index (χ3n) is 5.27. The van der Waals surface area contributed by atoms with Crippen LogP contribution in [0.15, 0.2) is 78.9 Å². The first-order valence-corrected chi connectivity index (χ1v) is 11.9. The summed E-state index contributed by atoms with van der Waals surface area (Å²) in [6.45, 7) is 2.06. The van der Waals surface area contributed by atoms with Crippen LogP contribution in [0.4, 0.5) is 20.0 Å². The lowest BCUT2D eigenvalue weighted by molar-refractivity contribution is -0.117. The highest BCUT2D eigenvalue weighted by atomic mass is 32.1. The first kappa shape index (κ1) is 24.0. The molecule has 0 aliphatic heterocycles. The van der Waals surface area contributed by atoms with E-state index in [2.05, 4.69) is 33.1 Å². The molecule has 3 aromatic carbocycles. The fourth-order valence-electron chi connectivity index (χ4n) is 3.38. The second-order valence-electron chi connectivity index (χ2n) is 7.80. The quantitative estimate of drug-likeness (QED) is 0.314. The largest absolute Gasteiger partial charge is 0.326 e. The molecule has 3 amide bonds. The Labute approximate surface area is 206 Å². The van der Waals surface area contributed by atoms with Gasteiger partial charge in [0.15, 0.2) is 0 Å². The molecule has 7 nitrogen and oxygen atoms in total. The molecular formula is C26H24FN5O2S. The highest BCUT2D eigenvalue weighted by Crippen LogP contribution is 2.26. The molecule has 0 bridgehead atoms. The Morgan fingerprint density at radius 1 is 0.886 bits per heavy atom. The predicted octanol–water partition coefficient (Wildman–Crippen LogP) is 5.28. The third kappa shape index (κ3) is 6.70. The van der Waals surface area contributed by atoms with Gasteiger partial charge in [0.25, 0.3) is 0 Å². The number of nitrogens with one attached hydrogen (secondary N) is 3. The monoisotopic (exact) mass is 489 g/mol. The Morgan fingerprint density at radius 3 is 2.29 bits per heavy atom. The summed E-state index contributed by atoms with van der Waals surface area (Å²) in [4.78, 5) is 25.8. The molecule has 1 heterocycles. The highest BCUT2D eigenvalue weighted by molar-refractivity contribution is 7.18. The molecule has 1 aromatic heterocycles. The maximum Gasteiger partial charge on any atom is 0.319 e. The van der Waals surface area contributed by atoms with E-state index in [-0.39, 0.29) is 10.9 Å². The van der Waals surface area contributed by atoms with E-state index < -0.39 is 18.0 Å². The number of aromatic nitrogens is 2. The van der Waals surface area contributed by atoms with Crippen molar-refractivity contribution in [3.05, 3.63) is 95.8 Å². The van der Waals surface area contributed by atoms with Gasteiger partial charge in [0.05, 0.1) is 0 Å². The van der Waals surface area contributed by atoms with E-state index in [9.17, 15) is 14.0 Å². The van der Waals surface area contributed by atoms with E-state index in [1.165, 1.54) is 12.1 Å². The van der Waals surface area contributed by atoms with Crippen molar-refractivity contribution in [3.8, 4) is 10.6 Å². The molecule has 4 rings (SSSR count). The van der Waals surface area contributed by atoms with Crippen molar-refractivity contribution < 1.29 is 14.0 Å². The number of amides is 3. The zero-order valence-corrected chi connectivity index (χ0v) is 19.8. The molecule has 9 heteroatoms. The van der Waals surface area contributed by atoms with Gasteiger partial charge < -0.3 is 10.6 Å². The Kier molecular flexibility index (Phi) is 7.79. The van der Waals surface area contributed by atoms with Gasteiger partial charge in [-0.05, 0) is 53.9 Å². The lowest BCUT2D eigenvalue weighted by atomic mass is 10.1. The van der Waals surface area contributed by atoms with Gasteiger partial charge in [-0.1, -0.05) is 60.7 Å². The standard InChI is InChI=1S/C26H24FN5O2S/c1-2-17-8-14-21(15-9-17)28-25(34)29-22(16-18-6-4-3-5-7-18)23(33)30-26-32-31-24(35-26)19-10-12-20(27)13-11-19/h3-15,22H,2,16H2,1H3,(H2,28,29,34)(H,30,32,33). The fourth-order valence-corrected chi connectivity index (χ4v) is 4.14. The van der Waals surface area contributed by atoms with Crippen molar-refractivity contribution >= 4 is 34.1 Å². The number of urea groups is 1. The SMILES string of the molecule is CCc1ccc(NC(=O)NC(Cc2ccccc2)C(=O)Nc2nnc(-c3ccc(F)cc3)s2)cc1. The summed E-state index contributed by atoms with van der Waals surface area (Å²) >= 11 is 1.16. The zero-order chi connectivity index (χ0) is 24.6. The lowest BCUT2D eigenvalue weighted by Crippen LogP contribution is -2.46. The summed E-state index contributed by atoms with van der Waals surface area (Å²) in [5.74, 6) is -0.770. The van der Waals surface area contributed by atoms with Crippen LogP contribution in [0.2, 0.25) is 0 Å². The van der Waals surface area contributed by atoms with E-state index in [0.717, 1.165) is 28.9 Å². The number of benzene rings is 3. The summed E-state index contributed by atoms with van der Waals surface area (Å²) in [5.41, 5.74) is 3.38. The summed E-state index contributed by atoms with van der Waals surface area (Å²) in [6, 6.07) is 21.5. The summed E-state index contributed by atoms with van der Waals surface area (Å²) in [6.07, 6.45) is 1.19. The van der Waals surface area contributed by atoms with Gasteiger partial charge in [0.2, 0.25) is 11.0 Å². The third-order valence-corrected chi connectivity index (χ3v) is 6.16. The minimum Gasteiger partial charge on any atom is -0.326 e. The van der Waals surface area contributed by atoms with Gasteiger partial charge >= 0.3 is 6.03 Å². The number of aryl methyl sites for hydroxylation is 1. The minimum atomic E-state index is -0.856. The molecule has 0 aliphatic rings. The van der Waals surface area contributed by atoms with Crippen molar-refractivity contribution in [2.45, 2.75) is 25.8 Å². The zero-order valence-electron chi connectivity index (χ0n) is 19.0. The normalized spacial score (nSPS) is 11.5. The van der Waals surface area contributed by atoms with Crippen LogP contribution in [0.3, 0.4) is 0 Å². The van der Waals surface area contributed by atoms with Gasteiger partial charge in [0, 0.05) is 17.7 Å². The minimum absolute atomic E-state index is 0.282. The van der Waals surface area contributed by atoms with Crippen LogP contribution >= 0.6 is 11.3 Å². The van der Waals surface area contributed by atoms with E-state index in [4.69, 9.17) is 0 Å². The molecular weight excluding hydrogens is 465 g/mol. The highest BCUT2D eigenvalue weighted by Gasteiger charge is 2.23. The summed E-state index contributed by atoms with van der Waals surface area (Å²) in [7, 11) is 0. The molecule has 0 fully saturated rings. The maximum absolute atomic E-state index is 13.2. The number of anilines is 2. The predicted molar refractivity (Wildman–Crippen MR) is 136 cm³/mol. The topological polar surface area (TPSA) is 96.0 Å². The number of carbonyl (C=O) groups is 2. The average molecular weight is 490 g/mol. The lowest BCUT2D eigenvalue weighted by Gasteiger charge is -2.18. The summed E-state index contributed by atoms with van der Waals surface area (Å²) < 4.78 is 13.2. The van der Waals surface area contributed by atoms with Gasteiger partial charge in [0.1, 0.15) is 16.9 Å². The van der Waals surface area contributed by atoms with E-state index in [0.29, 0.717) is 22.7 Å². The van der Waals surface area contributed by atoms with Crippen molar-refractivity contribution in [3.63, 3.8) is 0 Å². The van der Waals surface area contributed by atoms with Crippen LogP contribution in [0.25, 0.3) is 10.6 Å².